The number of aromatic nitrogens is 2. The molecule has 0 saturated carbocycles. The minimum atomic E-state index is -0.941. The highest BCUT2D eigenvalue weighted by molar-refractivity contribution is 7.98. The van der Waals surface area contributed by atoms with Crippen LogP contribution in [0.15, 0.2) is 47.9 Å². The van der Waals surface area contributed by atoms with Crippen LogP contribution in [-0.2, 0) is 10.5 Å². The van der Waals surface area contributed by atoms with Crippen molar-refractivity contribution in [3.05, 3.63) is 53.9 Å². The second kappa shape index (κ2) is 6.07. The SMILES string of the molecule is O=C(O)/C=C/c1ccccc1CSc1ncc[nH]1. The molecule has 2 aromatic rings. The fourth-order valence-corrected chi connectivity index (χ4v) is 2.31. The van der Waals surface area contributed by atoms with Crippen LogP contribution in [0.1, 0.15) is 11.1 Å². The van der Waals surface area contributed by atoms with E-state index in [-0.39, 0.29) is 0 Å². The molecule has 0 aliphatic heterocycles. The van der Waals surface area contributed by atoms with Crippen LogP contribution in [-0.4, -0.2) is 21.0 Å². The summed E-state index contributed by atoms with van der Waals surface area (Å²) in [5, 5.41) is 9.49. The summed E-state index contributed by atoms with van der Waals surface area (Å²) in [4.78, 5) is 17.7. The first kappa shape index (κ1) is 12.4. The van der Waals surface area contributed by atoms with Crippen molar-refractivity contribution in [2.75, 3.05) is 0 Å². The van der Waals surface area contributed by atoms with E-state index in [1.165, 1.54) is 0 Å². The monoisotopic (exact) mass is 260 g/mol. The molecule has 0 unspecified atom stereocenters. The molecule has 18 heavy (non-hydrogen) atoms. The fourth-order valence-electron chi connectivity index (χ4n) is 1.47. The smallest absolute Gasteiger partial charge is 0.328 e. The van der Waals surface area contributed by atoms with Crippen molar-refractivity contribution in [1.29, 1.82) is 0 Å². The molecule has 0 radical (unpaired) electrons. The number of hydrogen-bond donors (Lipinski definition) is 2. The minimum absolute atomic E-state index is 0.744. The van der Waals surface area contributed by atoms with Gasteiger partial charge < -0.3 is 10.1 Å². The summed E-state index contributed by atoms with van der Waals surface area (Å²) < 4.78 is 0. The number of aromatic amines is 1. The number of H-pyrrole nitrogens is 1. The van der Waals surface area contributed by atoms with Crippen molar-refractivity contribution >= 4 is 23.8 Å². The summed E-state index contributed by atoms with van der Waals surface area (Å²) >= 11 is 1.58. The summed E-state index contributed by atoms with van der Waals surface area (Å²) in [7, 11) is 0. The second-order valence-corrected chi connectivity index (χ2v) is 4.52. The van der Waals surface area contributed by atoms with Gasteiger partial charge in [-0.2, -0.15) is 0 Å². The zero-order valence-corrected chi connectivity index (χ0v) is 10.4. The highest BCUT2D eigenvalue weighted by Gasteiger charge is 2.02. The van der Waals surface area contributed by atoms with E-state index in [2.05, 4.69) is 9.97 Å². The Labute approximate surface area is 109 Å². The standard InChI is InChI=1S/C13H12N2O2S/c16-12(17)6-5-10-3-1-2-4-11(10)9-18-13-14-7-8-15-13/h1-8H,9H2,(H,14,15)(H,16,17)/b6-5+. The Morgan fingerprint density at radius 1 is 1.44 bits per heavy atom. The van der Waals surface area contributed by atoms with Crippen LogP contribution >= 0.6 is 11.8 Å². The Morgan fingerprint density at radius 3 is 3.00 bits per heavy atom. The van der Waals surface area contributed by atoms with E-state index in [0.29, 0.717) is 0 Å². The van der Waals surface area contributed by atoms with E-state index in [4.69, 9.17) is 5.11 Å². The lowest BCUT2D eigenvalue weighted by Gasteiger charge is -2.04. The molecule has 1 aromatic carbocycles. The zero-order valence-electron chi connectivity index (χ0n) is 9.54. The van der Waals surface area contributed by atoms with Gasteiger partial charge in [0.15, 0.2) is 5.16 Å². The number of nitrogens with one attached hydrogen (secondary N) is 1. The van der Waals surface area contributed by atoms with E-state index in [1.54, 1.807) is 30.2 Å². The predicted molar refractivity (Wildman–Crippen MR) is 71.3 cm³/mol. The Hall–Kier alpha value is -2.01. The average molecular weight is 260 g/mol. The second-order valence-electron chi connectivity index (χ2n) is 3.55. The summed E-state index contributed by atoms with van der Waals surface area (Å²) in [6.07, 6.45) is 6.24. The lowest BCUT2D eigenvalue weighted by atomic mass is 10.1. The van der Waals surface area contributed by atoms with E-state index >= 15 is 0 Å². The van der Waals surface area contributed by atoms with Crippen molar-refractivity contribution in [2.45, 2.75) is 10.9 Å². The van der Waals surface area contributed by atoms with Crippen LogP contribution < -0.4 is 0 Å². The number of imidazole rings is 1. The maximum atomic E-state index is 10.5. The van der Waals surface area contributed by atoms with E-state index in [1.807, 2.05) is 24.3 Å². The zero-order chi connectivity index (χ0) is 12.8. The van der Waals surface area contributed by atoms with Crippen molar-refractivity contribution in [1.82, 2.24) is 9.97 Å². The minimum Gasteiger partial charge on any atom is -0.478 e. The van der Waals surface area contributed by atoms with Crippen LogP contribution in [0.2, 0.25) is 0 Å². The molecule has 5 heteroatoms. The van der Waals surface area contributed by atoms with Gasteiger partial charge in [-0.25, -0.2) is 9.78 Å². The van der Waals surface area contributed by atoms with Crippen LogP contribution in [0, 0.1) is 0 Å². The molecule has 0 fully saturated rings. The lowest BCUT2D eigenvalue weighted by molar-refractivity contribution is -0.131. The van der Waals surface area contributed by atoms with Crippen molar-refractivity contribution < 1.29 is 9.90 Å². The molecule has 0 bridgehead atoms. The van der Waals surface area contributed by atoms with Crippen LogP contribution in [0.5, 0.6) is 0 Å². The van der Waals surface area contributed by atoms with Crippen LogP contribution in [0.25, 0.3) is 6.08 Å². The number of hydrogen-bond acceptors (Lipinski definition) is 3. The highest BCUT2D eigenvalue weighted by Crippen LogP contribution is 2.22. The molecule has 0 saturated heterocycles. The highest BCUT2D eigenvalue weighted by atomic mass is 32.2. The molecule has 0 amide bonds. The molecule has 2 rings (SSSR count). The Kier molecular flexibility index (Phi) is 4.20. The van der Waals surface area contributed by atoms with Crippen molar-refractivity contribution in [3.8, 4) is 0 Å². The largest absolute Gasteiger partial charge is 0.478 e. The maximum Gasteiger partial charge on any atom is 0.328 e. The fraction of sp³-hybridized carbons (Fsp3) is 0.0769. The summed E-state index contributed by atoms with van der Waals surface area (Å²) in [6.45, 7) is 0. The Balaban J connectivity index is 2.09. The van der Waals surface area contributed by atoms with Crippen LogP contribution in [0.4, 0.5) is 0 Å². The van der Waals surface area contributed by atoms with Gasteiger partial charge in [0.25, 0.3) is 0 Å². The number of nitrogens with zero attached hydrogens (tertiary/aromatic N) is 1. The van der Waals surface area contributed by atoms with Gasteiger partial charge in [-0.3, -0.25) is 0 Å². The first-order chi connectivity index (χ1) is 8.75. The summed E-state index contributed by atoms with van der Waals surface area (Å²) in [5.74, 6) is -0.198. The molecule has 0 atom stereocenters. The van der Waals surface area contributed by atoms with Gasteiger partial charge in [0.1, 0.15) is 0 Å². The Morgan fingerprint density at radius 2 is 2.28 bits per heavy atom. The topological polar surface area (TPSA) is 66.0 Å². The molecular weight excluding hydrogens is 248 g/mol. The van der Waals surface area contributed by atoms with Gasteiger partial charge in [0.2, 0.25) is 0 Å². The molecular formula is C13H12N2O2S. The van der Waals surface area contributed by atoms with Gasteiger partial charge in [0, 0.05) is 24.2 Å². The van der Waals surface area contributed by atoms with Gasteiger partial charge >= 0.3 is 5.97 Å². The number of thioether (sulfide) groups is 1. The molecule has 0 spiro atoms. The molecule has 1 aromatic heterocycles. The van der Waals surface area contributed by atoms with E-state index in [9.17, 15) is 4.79 Å². The van der Waals surface area contributed by atoms with Gasteiger partial charge in [0.05, 0.1) is 0 Å². The average Bonchev–Trinajstić information content (AvgIpc) is 2.88. The molecule has 2 N–H and O–H groups in total. The predicted octanol–water partition coefficient (Wildman–Crippen LogP) is 2.80. The van der Waals surface area contributed by atoms with Gasteiger partial charge in [-0.05, 0) is 17.2 Å². The molecule has 0 aliphatic rings. The third kappa shape index (κ3) is 3.49. The number of rotatable bonds is 5. The van der Waals surface area contributed by atoms with Crippen LogP contribution in [0.3, 0.4) is 0 Å². The number of carbonyl (C=O) groups is 1. The third-order valence-corrected chi connectivity index (χ3v) is 3.25. The van der Waals surface area contributed by atoms with E-state index in [0.717, 1.165) is 28.1 Å². The molecule has 0 aliphatic carbocycles. The normalized spacial score (nSPS) is 10.9. The number of carboxylic acid groups (broad SMARTS) is 1. The Bertz CT molecular complexity index is 550. The first-order valence-electron chi connectivity index (χ1n) is 5.37. The van der Waals surface area contributed by atoms with Gasteiger partial charge in [-0.1, -0.05) is 36.0 Å². The first-order valence-corrected chi connectivity index (χ1v) is 6.35. The third-order valence-electron chi connectivity index (χ3n) is 2.30. The summed E-state index contributed by atoms with van der Waals surface area (Å²) in [6, 6.07) is 7.72. The van der Waals surface area contributed by atoms with Crippen molar-refractivity contribution in [2.24, 2.45) is 0 Å². The number of carboxylic acids is 1. The number of aliphatic carboxylic acids is 1. The van der Waals surface area contributed by atoms with Crippen molar-refractivity contribution in [3.63, 3.8) is 0 Å². The summed E-state index contributed by atoms with van der Waals surface area (Å²) in [5.41, 5.74) is 2.00. The quantitative estimate of drug-likeness (QED) is 0.641. The van der Waals surface area contributed by atoms with Gasteiger partial charge in [-0.15, -0.1) is 0 Å². The molecule has 92 valence electrons. The number of benzene rings is 1. The van der Waals surface area contributed by atoms with E-state index < -0.39 is 5.97 Å². The lowest BCUT2D eigenvalue weighted by Crippen LogP contribution is -1.89. The molecule has 4 nitrogen and oxygen atoms in total. The maximum absolute atomic E-state index is 10.5. The molecule has 1 heterocycles.